The van der Waals surface area contributed by atoms with Crippen LogP contribution >= 0.6 is 0 Å². The number of hydrogen-bond acceptors (Lipinski definition) is 4. The van der Waals surface area contributed by atoms with E-state index < -0.39 is 11.2 Å². The van der Waals surface area contributed by atoms with Gasteiger partial charge in [-0.2, -0.15) is 0 Å². The Morgan fingerprint density at radius 3 is 2.56 bits per heavy atom. The summed E-state index contributed by atoms with van der Waals surface area (Å²) in [6, 6.07) is 4.29. The maximum absolute atomic E-state index is 13.2. The highest BCUT2D eigenvalue weighted by Gasteiger charge is 2.28. The monoisotopic (exact) mass is 255 g/mol. The number of nitrogens with one attached hydrogen (secondary N) is 1. The van der Waals surface area contributed by atoms with Crippen LogP contribution in [0, 0.1) is 11.2 Å². The standard InChI is InChI=1S/C13H18FNO3/c1-13(2,12(16)18-4)8-15-10-5-9(14)6-11(7-10)17-3/h5-7,15H,8H2,1-4H3. The summed E-state index contributed by atoms with van der Waals surface area (Å²) in [6.07, 6.45) is 0. The first-order valence-corrected chi connectivity index (χ1v) is 5.56. The normalized spacial score (nSPS) is 10.9. The van der Waals surface area contributed by atoms with Gasteiger partial charge in [0.25, 0.3) is 0 Å². The summed E-state index contributed by atoms with van der Waals surface area (Å²) in [4.78, 5) is 11.5. The third-order valence-electron chi connectivity index (χ3n) is 2.58. The third-order valence-corrected chi connectivity index (χ3v) is 2.58. The molecule has 0 aromatic heterocycles. The average molecular weight is 255 g/mol. The summed E-state index contributed by atoms with van der Waals surface area (Å²) in [5, 5.41) is 2.99. The Morgan fingerprint density at radius 2 is 2.00 bits per heavy atom. The smallest absolute Gasteiger partial charge is 0.313 e. The molecule has 0 aliphatic heterocycles. The number of anilines is 1. The van der Waals surface area contributed by atoms with Crippen molar-refractivity contribution in [2.45, 2.75) is 13.8 Å². The van der Waals surface area contributed by atoms with E-state index in [1.807, 2.05) is 0 Å². The Bertz CT molecular complexity index is 432. The van der Waals surface area contributed by atoms with Crippen LogP contribution in [0.4, 0.5) is 10.1 Å². The van der Waals surface area contributed by atoms with Crippen molar-refractivity contribution < 1.29 is 18.7 Å². The van der Waals surface area contributed by atoms with Crippen molar-refractivity contribution >= 4 is 11.7 Å². The van der Waals surface area contributed by atoms with Crippen LogP contribution in [0.1, 0.15) is 13.8 Å². The highest BCUT2D eigenvalue weighted by molar-refractivity contribution is 5.76. The second-order valence-electron chi connectivity index (χ2n) is 4.61. The summed E-state index contributed by atoms with van der Waals surface area (Å²) in [5.41, 5.74) is -0.127. The minimum absolute atomic E-state index is 0.321. The molecule has 18 heavy (non-hydrogen) atoms. The maximum atomic E-state index is 13.2. The molecule has 5 heteroatoms. The molecule has 0 spiro atoms. The van der Waals surface area contributed by atoms with Gasteiger partial charge in [-0.1, -0.05) is 0 Å². The Kier molecular flexibility index (Phi) is 4.53. The predicted octanol–water partition coefficient (Wildman–Crippen LogP) is 2.45. The second-order valence-corrected chi connectivity index (χ2v) is 4.61. The molecule has 0 atom stereocenters. The number of rotatable bonds is 5. The van der Waals surface area contributed by atoms with Crippen molar-refractivity contribution in [1.29, 1.82) is 0 Å². The lowest BCUT2D eigenvalue weighted by Crippen LogP contribution is -2.33. The minimum atomic E-state index is -0.686. The van der Waals surface area contributed by atoms with Gasteiger partial charge in [-0.05, 0) is 19.9 Å². The summed E-state index contributed by atoms with van der Waals surface area (Å²) in [5.74, 6) is -0.292. The Balaban J connectivity index is 2.74. The third kappa shape index (κ3) is 3.61. The first-order chi connectivity index (χ1) is 8.39. The number of methoxy groups -OCH3 is 2. The molecule has 0 aliphatic rings. The molecular formula is C13H18FNO3. The molecule has 0 unspecified atom stereocenters. The zero-order valence-corrected chi connectivity index (χ0v) is 11.0. The molecule has 0 heterocycles. The largest absolute Gasteiger partial charge is 0.497 e. The number of ether oxygens (including phenoxy) is 2. The number of carbonyl (C=O) groups is 1. The number of benzene rings is 1. The highest BCUT2D eigenvalue weighted by atomic mass is 19.1. The molecule has 1 rings (SSSR count). The van der Waals surface area contributed by atoms with E-state index in [1.54, 1.807) is 19.9 Å². The lowest BCUT2D eigenvalue weighted by Gasteiger charge is -2.22. The molecule has 1 N–H and O–H groups in total. The Hall–Kier alpha value is -1.78. The fourth-order valence-electron chi connectivity index (χ4n) is 1.45. The fraction of sp³-hybridized carbons (Fsp3) is 0.462. The zero-order chi connectivity index (χ0) is 13.8. The molecule has 0 aliphatic carbocycles. The number of carbonyl (C=O) groups excluding carboxylic acids is 1. The van der Waals surface area contributed by atoms with E-state index in [0.717, 1.165) is 0 Å². The lowest BCUT2D eigenvalue weighted by atomic mass is 9.93. The molecular weight excluding hydrogens is 237 g/mol. The van der Waals surface area contributed by atoms with Gasteiger partial charge >= 0.3 is 5.97 Å². The van der Waals surface area contributed by atoms with Crippen LogP contribution in [0.15, 0.2) is 18.2 Å². The molecule has 1 aromatic rings. The van der Waals surface area contributed by atoms with E-state index in [1.165, 1.54) is 26.4 Å². The second kappa shape index (κ2) is 5.71. The van der Waals surface area contributed by atoms with Crippen LogP contribution in [-0.2, 0) is 9.53 Å². The van der Waals surface area contributed by atoms with Gasteiger partial charge in [0.2, 0.25) is 0 Å². The quantitative estimate of drug-likeness (QED) is 0.821. The molecule has 1 aromatic carbocycles. The minimum Gasteiger partial charge on any atom is -0.497 e. The first-order valence-electron chi connectivity index (χ1n) is 5.56. The van der Waals surface area contributed by atoms with E-state index in [0.29, 0.717) is 18.0 Å². The van der Waals surface area contributed by atoms with Crippen LogP contribution in [0.5, 0.6) is 5.75 Å². The van der Waals surface area contributed by atoms with Gasteiger partial charge in [-0.15, -0.1) is 0 Å². The topological polar surface area (TPSA) is 47.6 Å². The highest BCUT2D eigenvalue weighted by Crippen LogP contribution is 2.22. The van der Waals surface area contributed by atoms with E-state index in [9.17, 15) is 9.18 Å². The van der Waals surface area contributed by atoms with Crippen LogP contribution in [0.2, 0.25) is 0 Å². The number of hydrogen-bond donors (Lipinski definition) is 1. The Labute approximate surface area is 106 Å². The van der Waals surface area contributed by atoms with Gasteiger partial charge in [0.1, 0.15) is 11.6 Å². The molecule has 0 radical (unpaired) electrons. The van der Waals surface area contributed by atoms with Gasteiger partial charge in [-0.25, -0.2) is 4.39 Å². The Morgan fingerprint density at radius 1 is 1.33 bits per heavy atom. The van der Waals surface area contributed by atoms with Crippen molar-refractivity contribution in [2.75, 3.05) is 26.1 Å². The summed E-state index contributed by atoms with van der Waals surface area (Å²) < 4.78 is 22.9. The summed E-state index contributed by atoms with van der Waals surface area (Å²) in [6.45, 7) is 3.84. The van der Waals surface area contributed by atoms with Crippen molar-refractivity contribution in [3.05, 3.63) is 24.0 Å². The molecule has 0 saturated heterocycles. The van der Waals surface area contributed by atoms with Crippen molar-refractivity contribution in [1.82, 2.24) is 0 Å². The molecule has 4 nitrogen and oxygen atoms in total. The first kappa shape index (κ1) is 14.3. The van der Waals surface area contributed by atoms with Gasteiger partial charge in [0.05, 0.1) is 19.6 Å². The summed E-state index contributed by atoms with van der Waals surface area (Å²) >= 11 is 0. The fourth-order valence-corrected chi connectivity index (χ4v) is 1.45. The maximum Gasteiger partial charge on any atom is 0.313 e. The van der Waals surface area contributed by atoms with Crippen molar-refractivity contribution in [3.8, 4) is 5.75 Å². The number of halogens is 1. The van der Waals surface area contributed by atoms with Gasteiger partial charge in [0.15, 0.2) is 0 Å². The predicted molar refractivity (Wildman–Crippen MR) is 67.2 cm³/mol. The SMILES string of the molecule is COC(=O)C(C)(C)CNc1cc(F)cc(OC)c1. The molecule has 0 saturated carbocycles. The van der Waals surface area contributed by atoms with Gasteiger partial charge < -0.3 is 14.8 Å². The van der Waals surface area contributed by atoms with E-state index in [2.05, 4.69) is 5.32 Å². The summed E-state index contributed by atoms with van der Waals surface area (Å²) in [7, 11) is 2.81. The van der Waals surface area contributed by atoms with Crippen LogP contribution in [0.25, 0.3) is 0 Å². The van der Waals surface area contributed by atoms with Crippen LogP contribution in [0.3, 0.4) is 0 Å². The average Bonchev–Trinajstić information content (AvgIpc) is 2.34. The molecule has 0 bridgehead atoms. The van der Waals surface area contributed by atoms with E-state index >= 15 is 0 Å². The van der Waals surface area contributed by atoms with Crippen LogP contribution in [-0.4, -0.2) is 26.7 Å². The molecule has 100 valence electrons. The van der Waals surface area contributed by atoms with Gasteiger partial charge in [0, 0.05) is 24.4 Å². The lowest BCUT2D eigenvalue weighted by molar-refractivity contribution is -0.149. The zero-order valence-electron chi connectivity index (χ0n) is 11.0. The van der Waals surface area contributed by atoms with Crippen molar-refractivity contribution in [2.24, 2.45) is 5.41 Å². The molecule has 0 fully saturated rings. The number of esters is 1. The van der Waals surface area contributed by atoms with Crippen molar-refractivity contribution in [3.63, 3.8) is 0 Å². The van der Waals surface area contributed by atoms with E-state index in [4.69, 9.17) is 9.47 Å². The molecule has 0 amide bonds. The van der Waals surface area contributed by atoms with Crippen LogP contribution < -0.4 is 10.1 Å². The van der Waals surface area contributed by atoms with E-state index in [-0.39, 0.29) is 5.97 Å². The van der Waals surface area contributed by atoms with Gasteiger partial charge in [-0.3, -0.25) is 4.79 Å².